The van der Waals surface area contributed by atoms with Crippen LogP contribution in [0.1, 0.15) is 21.7 Å². The molecule has 7 nitrogen and oxygen atoms in total. The average Bonchev–Trinajstić information content (AvgIpc) is 3.30. The summed E-state index contributed by atoms with van der Waals surface area (Å²) in [5.41, 5.74) is 2.29. The number of rotatable bonds is 8. The minimum Gasteiger partial charge on any atom is -0.493 e. The van der Waals surface area contributed by atoms with Crippen molar-refractivity contribution in [1.29, 1.82) is 0 Å². The lowest BCUT2D eigenvalue weighted by atomic mass is 10.0. The molecule has 0 aliphatic heterocycles. The molecule has 0 bridgehead atoms. The van der Waals surface area contributed by atoms with Gasteiger partial charge in [-0.2, -0.15) is 0 Å². The second-order valence-corrected chi connectivity index (χ2v) is 6.70. The lowest BCUT2D eigenvalue weighted by molar-refractivity contribution is -0.118. The van der Waals surface area contributed by atoms with Gasteiger partial charge in [0.05, 0.1) is 20.5 Å². The molecule has 2 amide bonds. The van der Waals surface area contributed by atoms with E-state index in [2.05, 4.69) is 10.6 Å². The van der Waals surface area contributed by atoms with E-state index in [1.807, 2.05) is 37.3 Å². The number of anilines is 1. The van der Waals surface area contributed by atoms with E-state index in [4.69, 9.17) is 13.9 Å². The van der Waals surface area contributed by atoms with Gasteiger partial charge in [-0.3, -0.25) is 9.59 Å². The lowest BCUT2D eigenvalue weighted by Crippen LogP contribution is -2.45. The van der Waals surface area contributed by atoms with Crippen LogP contribution in [0.4, 0.5) is 5.69 Å². The zero-order valence-corrected chi connectivity index (χ0v) is 17.1. The third-order valence-corrected chi connectivity index (χ3v) is 4.64. The monoisotopic (exact) mass is 408 g/mol. The molecular weight excluding hydrogens is 384 g/mol. The minimum absolute atomic E-state index is 0.142. The number of aryl methyl sites for hydroxylation is 1. The van der Waals surface area contributed by atoms with Gasteiger partial charge in [-0.25, -0.2) is 0 Å². The lowest BCUT2D eigenvalue weighted by Gasteiger charge is -2.20. The maximum absolute atomic E-state index is 13.1. The van der Waals surface area contributed by atoms with Gasteiger partial charge in [-0.05, 0) is 36.2 Å². The Labute approximate surface area is 175 Å². The van der Waals surface area contributed by atoms with Crippen molar-refractivity contribution >= 4 is 17.5 Å². The van der Waals surface area contributed by atoms with Gasteiger partial charge in [0, 0.05) is 18.2 Å². The summed E-state index contributed by atoms with van der Waals surface area (Å²) in [5, 5.41) is 5.65. The van der Waals surface area contributed by atoms with Crippen molar-refractivity contribution in [3.8, 4) is 11.5 Å². The molecule has 0 spiro atoms. The first-order valence-electron chi connectivity index (χ1n) is 9.43. The summed E-state index contributed by atoms with van der Waals surface area (Å²) in [4.78, 5) is 25.6. The van der Waals surface area contributed by atoms with Crippen LogP contribution in [0.3, 0.4) is 0 Å². The van der Waals surface area contributed by atoms with Crippen LogP contribution in [-0.2, 0) is 11.2 Å². The number of methoxy groups -OCH3 is 2. The summed E-state index contributed by atoms with van der Waals surface area (Å²) in [6.07, 6.45) is 1.74. The molecule has 3 rings (SSSR count). The Hall–Kier alpha value is -3.74. The number of benzene rings is 2. The van der Waals surface area contributed by atoms with Crippen molar-refractivity contribution in [2.24, 2.45) is 0 Å². The predicted molar refractivity (Wildman–Crippen MR) is 113 cm³/mol. The SMILES string of the molecule is COc1cc(C)c(NC(=O)C(Cc2ccccc2)NC(=O)c2ccco2)cc1OC. The van der Waals surface area contributed by atoms with Crippen LogP contribution in [0.5, 0.6) is 11.5 Å². The summed E-state index contributed by atoms with van der Waals surface area (Å²) in [6, 6.07) is 15.3. The highest BCUT2D eigenvalue weighted by atomic mass is 16.5. The molecule has 156 valence electrons. The van der Waals surface area contributed by atoms with Crippen LogP contribution in [0.15, 0.2) is 65.3 Å². The van der Waals surface area contributed by atoms with Crippen LogP contribution in [-0.4, -0.2) is 32.1 Å². The van der Waals surface area contributed by atoms with Gasteiger partial charge in [0.2, 0.25) is 5.91 Å². The smallest absolute Gasteiger partial charge is 0.287 e. The minimum atomic E-state index is -0.808. The van der Waals surface area contributed by atoms with E-state index in [9.17, 15) is 9.59 Å². The van der Waals surface area contributed by atoms with Crippen LogP contribution in [0, 0.1) is 6.92 Å². The molecule has 1 aromatic heterocycles. The van der Waals surface area contributed by atoms with Gasteiger partial charge in [0.25, 0.3) is 5.91 Å². The fourth-order valence-electron chi connectivity index (χ4n) is 3.03. The van der Waals surface area contributed by atoms with E-state index < -0.39 is 11.9 Å². The highest BCUT2D eigenvalue weighted by Gasteiger charge is 2.24. The van der Waals surface area contributed by atoms with Gasteiger partial charge in [-0.1, -0.05) is 30.3 Å². The van der Waals surface area contributed by atoms with E-state index in [1.54, 1.807) is 31.4 Å². The maximum Gasteiger partial charge on any atom is 0.287 e. The fraction of sp³-hybridized carbons (Fsp3) is 0.217. The normalized spacial score (nSPS) is 11.4. The standard InChI is InChI=1S/C23H24N2O5/c1-15-12-20(28-2)21(29-3)14-17(15)24-22(26)18(13-16-8-5-4-6-9-16)25-23(27)19-10-7-11-30-19/h4-12,14,18H,13H2,1-3H3,(H,24,26)(H,25,27). The second kappa shape index (κ2) is 9.65. The van der Waals surface area contributed by atoms with Crippen molar-refractivity contribution < 1.29 is 23.5 Å². The Morgan fingerprint density at radius 3 is 2.33 bits per heavy atom. The zero-order chi connectivity index (χ0) is 21.5. The topological polar surface area (TPSA) is 89.8 Å². The van der Waals surface area contributed by atoms with E-state index in [-0.39, 0.29) is 11.7 Å². The number of hydrogen-bond donors (Lipinski definition) is 2. The molecule has 1 heterocycles. The first-order valence-corrected chi connectivity index (χ1v) is 9.43. The van der Waals surface area contributed by atoms with Crippen molar-refractivity contribution in [1.82, 2.24) is 5.32 Å². The van der Waals surface area contributed by atoms with Crippen molar-refractivity contribution in [3.63, 3.8) is 0 Å². The van der Waals surface area contributed by atoms with Gasteiger partial charge in [-0.15, -0.1) is 0 Å². The summed E-state index contributed by atoms with van der Waals surface area (Å²) < 4.78 is 15.8. The van der Waals surface area contributed by atoms with Crippen molar-refractivity contribution in [2.75, 3.05) is 19.5 Å². The molecule has 0 radical (unpaired) electrons. The van der Waals surface area contributed by atoms with E-state index in [1.165, 1.54) is 13.4 Å². The molecule has 2 aromatic carbocycles. The predicted octanol–water partition coefficient (Wildman–Crippen LogP) is 3.59. The molecule has 1 unspecified atom stereocenters. The quantitative estimate of drug-likeness (QED) is 0.595. The van der Waals surface area contributed by atoms with Gasteiger partial charge >= 0.3 is 0 Å². The molecule has 0 saturated carbocycles. The summed E-state index contributed by atoms with van der Waals surface area (Å²) in [7, 11) is 3.08. The third kappa shape index (κ3) is 5.00. The molecule has 30 heavy (non-hydrogen) atoms. The summed E-state index contributed by atoms with van der Waals surface area (Å²) in [6.45, 7) is 1.85. The summed E-state index contributed by atoms with van der Waals surface area (Å²) >= 11 is 0. The Kier molecular flexibility index (Phi) is 6.75. The number of carbonyl (C=O) groups excluding carboxylic acids is 2. The van der Waals surface area contributed by atoms with E-state index in [0.717, 1.165) is 11.1 Å². The molecule has 3 aromatic rings. The number of furan rings is 1. The molecule has 0 fully saturated rings. The van der Waals surface area contributed by atoms with Crippen LogP contribution in [0.25, 0.3) is 0 Å². The molecule has 7 heteroatoms. The van der Waals surface area contributed by atoms with Crippen LogP contribution in [0.2, 0.25) is 0 Å². The number of carbonyl (C=O) groups is 2. The molecular formula is C23H24N2O5. The first-order chi connectivity index (χ1) is 14.5. The number of amides is 2. The molecule has 0 saturated heterocycles. The second-order valence-electron chi connectivity index (χ2n) is 6.70. The van der Waals surface area contributed by atoms with Gasteiger partial charge < -0.3 is 24.5 Å². The maximum atomic E-state index is 13.1. The number of nitrogens with one attached hydrogen (secondary N) is 2. The number of ether oxygens (including phenoxy) is 2. The van der Waals surface area contributed by atoms with Crippen molar-refractivity contribution in [3.05, 3.63) is 77.7 Å². The van der Waals surface area contributed by atoms with Gasteiger partial charge in [0.1, 0.15) is 6.04 Å². The van der Waals surface area contributed by atoms with E-state index >= 15 is 0 Å². The Balaban J connectivity index is 1.83. The largest absolute Gasteiger partial charge is 0.493 e. The highest BCUT2D eigenvalue weighted by molar-refractivity contribution is 6.00. The molecule has 2 N–H and O–H groups in total. The van der Waals surface area contributed by atoms with Crippen LogP contribution >= 0.6 is 0 Å². The van der Waals surface area contributed by atoms with E-state index in [0.29, 0.717) is 23.6 Å². The first kappa shape index (κ1) is 21.0. The van der Waals surface area contributed by atoms with Crippen LogP contribution < -0.4 is 20.1 Å². The summed E-state index contributed by atoms with van der Waals surface area (Å²) in [5.74, 6) is 0.398. The molecule has 0 aliphatic carbocycles. The third-order valence-electron chi connectivity index (χ3n) is 4.64. The Morgan fingerprint density at radius 1 is 1.00 bits per heavy atom. The Bertz CT molecular complexity index is 1000. The highest BCUT2D eigenvalue weighted by Crippen LogP contribution is 2.33. The zero-order valence-electron chi connectivity index (χ0n) is 17.1. The fourth-order valence-corrected chi connectivity index (χ4v) is 3.03. The average molecular weight is 408 g/mol. The Morgan fingerprint density at radius 2 is 1.70 bits per heavy atom. The van der Waals surface area contributed by atoms with Crippen molar-refractivity contribution in [2.45, 2.75) is 19.4 Å². The van der Waals surface area contributed by atoms with Gasteiger partial charge in [0.15, 0.2) is 17.3 Å². The molecule has 1 atom stereocenters. The number of hydrogen-bond acceptors (Lipinski definition) is 5. The molecule has 0 aliphatic rings.